The molecule has 0 spiro atoms. The van der Waals surface area contributed by atoms with E-state index in [1.165, 1.54) is 73.9 Å². The zero-order chi connectivity index (χ0) is 69.0. The molecule has 89 heavy (non-hydrogen) atoms. The van der Waals surface area contributed by atoms with Crippen molar-refractivity contribution in [3.63, 3.8) is 0 Å². The van der Waals surface area contributed by atoms with E-state index in [0.29, 0.717) is 6.42 Å². The number of carbonyl (C=O) groups excluding carboxylic acids is 11. The Morgan fingerprint density at radius 2 is 0.966 bits per heavy atom. The molecule has 0 aromatic rings. The fourth-order valence-corrected chi connectivity index (χ4v) is 12.5. The third-order valence-electron chi connectivity index (χ3n) is 18.1. The number of allylic oxidation sites excluding steroid dienone is 2. The summed E-state index contributed by atoms with van der Waals surface area (Å²) in [7, 11) is 11.9. The molecule has 0 unspecified atom stereocenters. The van der Waals surface area contributed by atoms with Crippen molar-refractivity contribution in [1.82, 2.24) is 39.6 Å². The molecule has 1 rings (SSSR count). The topological polar surface area (TPSA) is 252 Å². The van der Waals surface area contributed by atoms with E-state index in [1.54, 1.807) is 87.3 Å². The molecular weight excluding hydrogens is 1140 g/mol. The molecule has 2 N–H and O–H groups in total. The zero-order valence-electron chi connectivity index (χ0n) is 59.4. The number of aliphatic hydroxyl groups excluding tert-OH is 1. The minimum absolute atomic E-state index is 0.0266. The Kier molecular flexibility index (Phi) is 34.7. The van der Waals surface area contributed by atoms with Crippen LogP contribution in [0.5, 0.6) is 0 Å². The number of rotatable bonds is 17. The number of Topliss-reactive ketones (excluding diaryl/α,β-unsaturated/α-hetero) is 4. The van der Waals surface area contributed by atoms with Crippen LogP contribution >= 0.6 is 0 Å². The van der Waals surface area contributed by atoms with Crippen molar-refractivity contribution in [3.8, 4) is 0 Å². The fraction of sp³-hybridized carbons (Fsp3) is 0.809. The molecule has 0 radical (unpaired) electrons. The third-order valence-corrected chi connectivity index (χ3v) is 18.1. The number of carbonyl (C=O) groups is 11. The zero-order valence-corrected chi connectivity index (χ0v) is 59.4. The van der Waals surface area contributed by atoms with Crippen LogP contribution in [0.3, 0.4) is 0 Å². The Morgan fingerprint density at radius 1 is 0.506 bits per heavy atom. The van der Waals surface area contributed by atoms with Gasteiger partial charge in [0.25, 0.3) is 0 Å². The quantitative estimate of drug-likeness (QED) is 0.146. The predicted octanol–water partition coefficient (Wildman–Crippen LogP) is 6.60. The normalized spacial score (nSPS) is 28.0. The summed E-state index contributed by atoms with van der Waals surface area (Å²) < 4.78 is 5.52. The van der Waals surface area contributed by atoms with Crippen LogP contribution in [0.4, 0.5) is 0 Å². The number of ether oxygens (including phenoxy) is 1. The van der Waals surface area contributed by atoms with Crippen LogP contribution in [0.2, 0.25) is 0 Å². The standard InChI is InChI=1S/C68H120N8O13/c1-26-29-30-44(14)61(81)60-62(82)69-49(27-2)65(85)71(19)50(28-3)66(86)75(23)59(47(17)38-89-25)56(79)36-48(42(10)11)64(84)73(21)51(31-39(4)5)55(78)34-45(15)54(77)35-46(16)63(83)72(20)52(32-40(6)7)57(80)37-70(18)53(33-41(8)9)67(87)74(22)58(43(12)13)68(88)76(60)24/h26,29,39-53,58-61,81H,27-28,30-38H2,1-25H3,(H,69,82)/b29-26+/t44-,45-,46+,47-,48+,49+,50-,51+,52+,53+,58+,59+,60+,61-/m1/s1. The SMILES string of the molecule is C/C=C/C[C@@H](C)[C@@H](O)[C@H]1C(=O)N[C@@H](CC)C(=O)N(C)[C@H](CC)C(=O)N(C)[C@@H]([C@H](C)COC)C(=O)C[C@@H](C(C)C)C(=O)N(C)[C@@H](CC(C)C)C(=O)C[C@@H](C)C(=O)C[C@H](C)C(=O)N(C)[C@@H](CC(C)C)C(=O)CN(C)[C@@H](CC(C)C)C(=O)N(C)[C@@H](C(C)C)C(=O)N1C. The maximum atomic E-state index is 15.2. The number of aliphatic hydroxyl groups is 1. The Balaban J connectivity index is 4.39. The maximum absolute atomic E-state index is 15.2. The highest BCUT2D eigenvalue weighted by Crippen LogP contribution is 2.29. The molecule has 1 heterocycles. The van der Waals surface area contributed by atoms with Gasteiger partial charge in [0.15, 0.2) is 17.3 Å². The lowest BCUT2D eigenvalue weighted by Crippen LogP contribution is -2.63. The molecule has 1 aliphatic heterocycles. The summed E-state index contributed by atoms with van der Waals surface area (Å²) in [6.45, 7) is 30.3. The highest BCUT2D eigenvalue weighted by molar-refractivity contribution is 5.99. The average molecular weight is 1260 g/mol. The van der Waals surface area contributed by atoms with Gasteiger partial charge >= 0.3 is 0 Å². The van der Waals surface area contributed by atoms with E-state index in [4.69, 9.17) is 4.74 Å². The molecule has 21 nitrogen and oxygen atoms in total. The molecular formula is C68H120N8O13. The fourth-order valence-electron chi connectivity index (χ4n) is 12.5. The van der Waals surface area contributed by atoms with E-state index < -0.39 is 143 Å². The number of methoxy groups -OCH3 is 1. The van der Waals surface area contributed by atoms with E-state index >= 15 is 9.59 Å². The highest BCUT2D eigenvalue weighted by atomic mass is 16.5. The molecule has 0 saturated carbocycles. The second kappa shape index (κ2) is 37.8. The van der Waals surface area contributed by atoms with Crippen LogP contribution in [-0.2, 0) is 57.5 Å². The second-order valence-corrected chi connectivity index (χ2v) is 27.9. The lowest BCUT2D eigenvalue weighted by molar-refractivity contribution is -0.155. The van der Waals surface area contributed by atoms with E-state index in [1.807, 2.05) is 54.5 Å². The summed E-state index contributed by atoms with van der Waals surface area (Å²) in [5.74, 6) is -10.7. The molecule has 0 bridgehead atoms. The first kappa shape index (κ1) is 81.6. The molecule has 1 saturated heterocycles. The molecule has 510 valence electrons. The molecule has 0 aliphatic carbocycles. The van der Waals surface area contributed by atoms with E-state index in [9.17, 15) is 48.3 Å². The first-order valence-electron chi connectivity index (χ1n) is 32.7. The van der Waals surface area contributed by atoms with Gasteiger partial charge in [0.05, 0.1) is 43.4 Å². The van der Waals surface area contributed by atoms with Crippen LogP contribution in [0.25, 0.3) is 0 Å². The minimum Gasteiger partial charge on any atom is -0.390 e. The van der Waals surface area contributed by atoms with Crippen LogP contribution < -0.4 is 5.32 Å². The van der Waals surface area contributed by atoms with Crippen LogP contribution in [0, 0.1) is 59.2 Å². The van der Waals surface area contributed by atoms with Gasteiger partial charge in [0.1, 0.15) is 30.0 Å². The lowest BCUT2D eigenvalue weighted by atomic mass is 9.83. The van der Waals surface area contributed by atoms with Gasteiger partial charge in [0, 0.05) is 92.3 Å². The summed E-state index contributed by atoms with van der Waals surface area (Å²) in [6.07, 6.45) is 2.60. The van der Waals surface area contributed by atoms with Gasteiger partial charge in [-0.15, -0.1) is 0 Å². The van der Waals surface area contributed by atoms with Gasteiger partial charge in [-0.3, -0.25) is 57.6 Å². The van der Waals surface area contributed by atoms with Gasteiger partial charge in [-0.2, -0.15) is 0 Å². The summed E-state index contributed by atoms with van der Waals surface area (Å²) in [4.78, 5) is 172. The number of amides is 7. The number of nitrogens with one attached hydrogen (secondary N) is 1. The van der Waals surface area contributed by atoms with Crippen LogP contribution in [-0.4, -0.2) is 228 Å². The Morgan fingerprint density at radius 3 is 1.44 bits per heavy atom. The monoisotopic (exact) mass is 1260 g/mol. The second-order valence-electron chi connectivity index (χ2n) is 27.9. The maximum Gasteiger partial charge on any atom is 0.246 e. The van der Waals surface area contributed by atoms with Crippen molar-refractivity contribution in [3.05, 3.63) is 12.2 Å². The summed E-state index contributed by atoms with van der Waals surface area (Å²) in [6, 6.07) is -9.24. The first-order valence-corrected chi connectivity index (χ1v) is 32.7. The van der Waals surface area contributed by atoms with Crippen molar-refractivity contribution < 1.29 is 62.6 Å². The lowest BCUT2D eigenvalue weighted by Gasteiger charge is -2.41. The molecule has 14 atom stereocenters. The van der Waals surface area contributed by atoms with Crippen molar-refractivity contribution >= 4 is 64.5 Å². The van der Waals surface area contributed by atoms with E-state index in [2.05, 4.69) is 5.32 Å². The number of nitrogens with zero attached hydrogens (tertiary/aromatic N) is 7. The van der Waals surface area contributed by atoms with E-state index in [-0.39, 0.29) is 99.6 Å². The molecule has 0 aromatic carbocycles. The molecule has 21 heteroatoms. The van der Waals surface area contributed by atoms with E-state index in [0.717, 1.165) is 4.90 Å². The van der Waals surface area contributed by atoms with Gasteiger partial charge in [-0.05, 0) is 88.0 Å². The van der Waals surface area contributed by atoms with Gasteiger partial charge < -0.3 is 44.6 Å². The van der Waals surface area contributed by atoms with Crippen molar-refractivity contribution in [2.24, 2.45) is 59.2 Å². The Labute approximate surface area is 535 Å². The van der Waals surface area contributed by atoms with Gasteiger partial charge in [-0.1, -0.05) is 123 Å². The molecule has 1 fully saturated rings. The highest BCUT2D eigenvalue weighted by Gasteiger charge is 2.46. The first-order chi connectivity index (χ1) is 41.2. The smallest absolute Gasteiger partial charge is 0.246 e. The van der Waals surface area contributed by atoms with Crippen molar-refractivity contribution in [1.29, 1.82) is 0 Å². The number of hydrogen-bond donors (Lipinski definition) is 2. The molecule has 1 aliphatic rings. The average Bonchev–Trinajstić information content (AvgIpc) is 0.946. The van der Waals surface area contributed by atoms with Crippen molar-refractivity contribution in [2.75, 3.05) is 69.6 Å². The summed E-state index contributed by atoms with van der Waals surface area (Å²) in [5.41, 5.74) is 0. The van der Waals surface area contributed by atoms with Crippen LogP contribution in [0.1, 0.15) is 175 Å². The third kappa shape index (κ3) is 22.7. The Bertz CT molecular complexity index is 2410. The van der Waals surface area contributed by atoms with Crippen LogP contribution in [0.15, 0.2) is 12.2 Å². The molecule has 7 amide bonds. The number of hydrogen-bond acceptors (Lipinski definition) is 14. The largest absolute Gasteiger partial charge is 0.390 e. The number of ketones is 4. The predicted molar refractivity (Wildman–Crippen MR) is 348 cm³/mol. The van der Waals surface area contributed by atoms with Gasteiger partial charge in [-0.25, -0.2) is 0 Å². The van der Waals surface area contributed by atoms with Crippen molar-refractivity contribution in [2.45, 2.75) is 230 Å². The van der Waals surface area contributed by atoms with Gasteiger partial charge in [0.2, 0.25) is 41.4 Å². The minimum atomic E-state index is -1.59. The summed E-state index contributed by atoms with van der Waals surface area (Å²) in [5, 5.41) is 15.0. The Hall–Kier alpha value is -5.41. The summed E-state index contributed by atoms with van der Waals surface area (Å²) >= 11 is 0. The number of likely N-dealkylation sites (N-methyl/N-ethyl adjacent to an activating group) is 7. The molecule has 0 aromatic heterocycles.